The number of hydrogen-bond donors (Lipinski definition) is 2. The average molecular weight is 210 g/mol. The van der Waals surface area contributed by atoms with Crippen LogP contribution in [-0.2, 0) is 9.59 Å². The first-order chi connectivity index (χ1) is 6.95. The summed E-state index contributed by atoms with van der Waals surface area (Å²) in [6, 6.07) is 0. The molecule has 2 atom stereocenters. The Balaban J connectivity index is 2.36. The number of allylic oxidation sites excluding steroid dienone is 2. The summed E-state index contributed by atoms with van der Waals surface area (Å²) in [7, 11) is 0. The molecular weight excluding hydrogens is 196 g/mol. The summed E-state index contributed by atoms with van der Waals surface area (Å²) < 4.78 is 0. The molecule has 0 saturated carbocycles. The van der Waals surface area contributed by atoms with E-state index in [0.717, 1.165) is 12.8 Å². The van der Waals surface area contributed by atoms with Crippen LogP contribution in [0.3, 0.4) is 0 Å². The van der Waals surface area contributed by atoms with Crippen LogP contribution in [0.1, 0.15) is 32.6 Å². The zero-order valence-electron chi connectivity index (χ0n) is 8.62. The van der Waals surface area contributed by atoms with Gasteiger partial charge in [-0.3, -0.25) is 9.59 Å². The van der Waals surface area contributed by atoms with Crippen molar-refractivity contribution in [2.45, 2.75) is 32.6 Å². The summed E-state index contributed by atoms with van der Waals surface area (Å²) >= 11 is 0. The van der Waals surface area contributed by atoms with E-state index in [4.69, 9.17) is 10.2 Å². The third-order valence-electron chi connectivity index (χ3n) is 3.82. The van der Waals surface area contributed by atoms with Crippen molar-refractivity contribution in [1.82, 2.24) is 0 Å². The number of aliphatic carboxylic acids is 2. The zero-order valence-corrected chi connectivity index (χ0v) is 8.62. The van der Waals surface area contributed by atoms with Crippen molar-refractivity contribution in [1.29, 1.82) is 0 Å². The van der Waals surface area contributed by atoms with E-state index in [-0.39, 0.29) is 0 Å². The lowest BCUT2D eigenvalue weighted by molar-refractivity contribution is -0.162. The van der Waals surface area contributed by atoms with E-state index in [0.29, 0.717) is 12.8 Å². The van der Waals surface area contributed by atoms with Gasteiger partial charge in [-0.1, -0.05) is 11.1 Å². The molecule has 0 bridgehead atoms. The van der Waals surface area contributed by atoms with Gasteiger partial charge >= 0.3 is 11.9 Å². The van der Waals surface area contributed by atoms with E-state index < -0.39 is 23.3 Å². The molecule has 0 aromatic carbocycles. The maximum atomic E-state index is 11.2. The smallest absolute Gasteiger partial charge is 0.310 e. The molecule has 0 amide bonds. The molecule has 2 rings (SSSR count). The van der Waals surface area contributed by atoms with Crippen molar-refractivity contribution in [3.05, 3.63) is 11.1 Å². The third kappa shape index (κ3) is 1.35. The summed E-state index contributed by atoms with van der Waals surface area (Å²) in [6.45, 7) is 1.55. The summed E-state index contributed by atoms with van der Waals surface area (Å²) in [4.78, 5) is 22.2. The van der Waals surface area contributed by atoms with Gasteiger partial charge in [0.1, 0.15) is 0 Å². The lowest BCUT2D eigenvalue weighted by Crippen LogP contribution is -2.44. The average Bonchev–Trinajstić information content (AvgIpc) is 2.10. The Kier molecular flexibility index (Phi) is 2.10. The van der Waals surface area contributed by atoms with Crippen LogP contribution in [0.2, 0.25) is 0 Å². The fourth-order valence-electron chi connectivity index (χ4n) is 2.56. The number of carboxylic acids is 2. The first kappa shape index (κ1) is 10.2. The molecule has 0 aromatic rings. The van der Waals surface area contributed by atoms with Gasteiger partial charge in [0.15, 0.2) is 0 Å². The van der Waals surface area contributed by atoms with Crippen molar-refractivity contribution in [3.63, 3.8) is 0 Å². The Morgan fingerprint density at radius 2 is 1.87 bits per heavy atom. The van der Waals surface area contributed by atoms with Gasteiger partial charge in [0, 0.05) is 0 Å². The van der Waals surface area contributed by atoms with Crippen molar-refractivity contribution in [2.75, 3.05) is 0 Å². The standard InChI is InChI=1S/C11H14O4/c1-11(10(14)15)5-7-3-2-6(7)4-8(11)9(12)13/h8H,2-5H2,1H3,(H,12,13)(H,14,15). The van der Waals surface area contributed by atoms with Gasteiger partial charge in [-0.25, -0.2) is 0 Å². The predicted octanol–water partition coefficient (Wildman–Crippen LogP) is 1.66. The minimum atomic E-state index is -1.12. The van der Waals surface area contributed by atoms with E-state index in [1.165, 1.54) is 11.1 Å². The van der Waals surface area contributed by atoms with Crippen LogP contribution in [0.25, 0.3) is 0 Å². The molecule has 2 N–H and O–H groups in total. The summed E-state index contributed by atoms with van der Waals surface area (Å²) in [5.74, 6) is -2.75. The Labute approximate surface area is 87.6 Å². The molecule has 0 aromatic heterocycles. The second-order valence-corrected chi connectivity index (χ2v) is 4.70. The molecule has 4 heteroatoms. The highest BCUT2D eigenvalue weighted by molar-refractivity contribution is 5.84. The number of rotatable bonds is 2. The van der Waals surface area contributed by atoms with E-state index in [1.807, 2.05) is 0 Å². The van der Waals surface area contributed by atoms with Gasteiger partial charge in [0.2, 0.25) is 0 Å². The highest BCUT2D eigenvalue weighted by Gasteiger charge is 2.50. The summed E-state index contributed by atoms with van der Waals surface area (Å²) in [5, 5.41) is 18.2. The van der Waals surface area contributed by atoms with Crippen molar-refractivity contribution < 1.29 is 19.8 Å². The predicted molar refractivity (Wildman–Crippen MR) is 52.4 cm³/mol. The zero-order chi connectivity index (χ0) is 11.2. The first-order valence-corrected chi connectivity index (χ1v) is 5.11. The molecule has 15 heavy (non-hydrogen) atoms. The summed E-state index contributed by atoms with van der Waals surface area (Å²) in [5.41, 5.74) is 1.24. The van der Waals surface area contributed by atoms with Gasteiger partial charge in [-0.05, 0) is 32.6 Å². The second-order valence-electron chi connectivity index (χ2n) is 4.70. The van der Waals surface area contributed by atoms with Crippen LogP contribution in [0.4, 0.5) is 0 Å². The molecule has 0 spiro atoms. The van der Waals surface area contributed by atoms with Crippen molar-refractivity contribution >= 4 is 11.9 Å². The molecule has 0 fully saturated rings. The molecule has 4 nitrogen and oxygen atoms in total. The lowest BCUT2D eigenvalue weighted by Gasteiger charge is -2.42. The summed E-state index contributed by atoms with van der Waals surface area (Å²) in [6.07, 6.45) is 2.74. The molecule has 0 aliphatic heterocycles. The maximum absolute atomic E-state index is 11.2. The van der Waals surface area contributed by atoms with E-state index in [2.05, 4.69) is 0 Å². The maximum Gasteiger partial charge on any atom is 0.310 e. The SMILES string of the molecule is CC1(C(=O)O)CC2=C(CC2)CC1C(=O)O. The topological polar surface area (TPSA) is 74.6 Å². The van der Waals surface area contributed by atoms with Gasteiger partial charge < -0.3 is 10.2 Å². The largest absolute Gasteiger partial charge is 0.481 e. The van der Waals surface area contributed by atoms with Gasteiger partial charge in [0.05, 0.1) is 11.3 Å². The minimum absolute atomic E-state index is 0.411. The highest BCUT2D eigenvalue weighted by Crippen LogP contribution is 2.50. The van der Waals surface area contributed by atoms with Crippen molar-refractivity contribution in [3.8, 4) is 0 Å². The van der Waals surface area contributed by atoms with E-state index in [9.17, 15) is 9.59 Å². The molecule has 0 heterocycles. The van der Waals surface area contributed by atoms with Gasteiger partial charge in [-0.15, -0.1) is 0 Å². The van der Waals surface area contributed by atoms with Crippen LogP contribution in [0.5, 0.6) is 0 Å². The van der Waals surface area contributed by atoms with Crippen LogP contribution < -0.4 is 0 Å². The third-order valence-corrected chi connectivity index (χ3v) is 3.82. The Morgan fingerprint density at radius 3 is 2.27 bits per heavy atom. The molecule has 2 aliphatic carbocycles. The van der Waals surface area contributed by atoms with E-state index >= 15 is 0 Å². The lowest BCUT2D eigenvalue weighted by atomic mass is 9.61. The Morgan fingerprint density at radius 1 is 1.27 bits per heavy atom. The number of hydrogen-bond acceptors (Lipinski definition) is 2. The van der Waals surface area contributed by atoms with Crippen LogP contribution in [0, 0.1) is 11.3 Å². The monoisotopic (exact) mass is 210 g/mol. The molecule has 2 aliphatic rings. The van der Waals surface area contributed by atoms with Crippen LogP contribution >= 0.6 is 0 Å². The minimum Gasteiger partial charge on any atom is -0.481 e. The fraction of sp³-hybridized carbons (Fsp3) is 0.636. The number of carboxylic acid groups (broad SMARTS) is 2. The second kappa shape index (κ2) is 3.08. The quantitative estimate of drug-likeness (QED) is 0.680. The molecule has 0 saturated heterocycles. The molecular formula is C11H14O4. The van der Waals surface area contributed by atoms with Crippen LogP contribution in [0.15, 0.2) is 11.1 Å². The van der Waals surface area contributed by atoms with Crippen molar-refractivity contribution in [2.24, 2.45) is 11.3 Å². The molecule has 82 valence electrons. The first-order valence-electron chi connectivity index (χ1n) is 5.11. The fourth-order valence-corrected chi connectivity index (χ4v) is 2.56. The Bertz CT molecular complexity index is 369. The van der Waals surface area contributed by atoms with E-state index in [1.54, 1.807) is 6.92 Å². The number of carbonyl (C=O) groups is 2. The molecule has 0 radical (unpaired) electrons. The van der Waals surface area contributed by atoms with Gasteiger partial charge in [-0.2, -0.15) is 0 Å². The van der Waals surface area contributed by atoms with Crippen LogP contribution in [-0.4, -0.2) is 22.2 Å². The molecule has 2 unspecified atom stereocenters. The normalized spacial score (nSPS) is 34.3. The Hall–Kier alpha value is -1.32. The highest BCUT2D eigenvalue weighted by atomic mass is 16.4. The van der Waals surface area contributed by atoms with Gasteiger partial charge in [0.25, 0.3) is 0 Å².